The van der Waals surface area contributed by atoms with Crippen LogP contribution in [0.5, 0.6) is 5.88 Å². The molecule has 0 atom stereocenters. The number of aromatic nitrogens is 2. The molecule has 0 aliphatic heterocycles. The molecule has 0 amide bonds. The molecule has 158 valence electrons. The number of carbonyl (C=O) groups is 1. The van der Waals surface area contributed by atoms with Crippen LogP contribution >= 0.6 is 18.5 Å². The fourth-order valence-electron chi connectivity index (χ4n) is 2.05. The van der Waals surface area contributed by atoms with E-state index in [1.807, 2.05) is 48.5 Å². The summed E-state index contributed by atoms with van der Waals surface area (Å²) in [6.45, 7) is 14.9. The molecular formula is C19H31N2O4PS2. The molecular weight excluding hydrogens is 415 g/mol. The van der Waals surface area contributed by atoms with Crippen molar-refractivity contribution in [1.82, 2.24) is 9.97 Å². The van der Waals surface area contributed by atoms with Gasteiger partial charge in [0.1, 0.15) is 5.78 Å². The Balaban J connectivity index is 3.25. The average Bonchev–Trinajstić information content (AvgIpc) is 2.54. The molecule has 0 spiro atoms. The van der Waals surface area contributed by atoms with Crippen molar-refractivity contribution in [2.75, 3.05) is 19.0 Å². The summed E-state index contributed by atoms with van der Waals surface area (Å²) in [5.41, 5.74) is 2.09. The molecule has 0 unspecified atom stereocenters. The van der Waals surface area contributed by atoms with Crippen LogP contribution in [0, 0.1) is 12.3 Å². The van der Waals surface area contributed by atoms with Crippen molar-refractivity contribution in [3.63, 3.8) is 0 Å². The zero-order valence-corrected chi connectivity index (χ0v) is 20.4. The van der Waals surface area contributed by atoms with Crippen LogP contribution in [0.15, 0.2) is 17.3 Å². The lowest BCUT2D eigenvalue weighted by molar-refractivity contribution is -0.123. The van der Waals surface area contributed by atoms with Crippen LogP contribution in [0.25, 0.3) is 0 Å². The molecule has 0 fully saturated rings. The molecule has 1 heterocycles. The Kier molecular flexibility index (Phi) is 9.77. The number of nitrogens with zero attached hydrogens (tertiary/aromatic N) is 2. The van der Waals surface area contributed by atoms with E-state index in [2.05, 4.69) is 16.5 Å². The number of thioether (sulfide) groups is 1. The first-order valence-corrected chi connectivity index (χ1v) is 12.7. The highest BCUT2D eigenvalue weighted by molar-refractivity contribution is 8.07. The Bertz CT molecular complexity index is 753. The van der Waals surface area contributed by atoms with Gasteiger partial charge >= 0.3 is 6.72 Å². The molecule has 0 aliphatic rings. The summed E-state index contributed by atoms with van der Waals surface area (Å²) in [5, 5.41) is 0.463. The van der Waals surface area contributed by atoms with E-state index in [1.165, 1.54) is 11.8 Å². The molecule has 0 radical (unpaired) electrons. The van der Waals surface area contributed by atoms with Crippen LogP contribution in [0.2, 0.25) is 0 Å². The minimum atomic E-state index is -2.98. The Morgan fingerprint density at radius 1 is 1.21 bits per heavy atom. The monoisotopic (exact) mass is 446 g/mol. The number of hydrogen-bond acceptors (Lipinski definition) is 8. The van der Waals surface area contributed by atoms with Gasteiger partial charge in [0, 0.05) is 28.5 Å². The van der Waals surface area contributed by atoms with Gasteiger partial charge in [0.25, 0.3) is 0 Å². The maximum Gasteiger partial charge on any atom is 0.381 e. The first-order chi connectivity index (χ1) is 12.9. The molecule has 0 aliphatic carbocycles. The number of allylic oxidation sites excluding steroid dienone is 1. The van der Waals surface area contributed by atoms with Crippen molar-refractivity contribution in [3.8, 4) is 5.88 Å². The van der Waals surface area contributed by atoms with E-state index in [1.54, 1.807) is 0 Å². The summed E-state index contributed by atoms with van der Waals surface area (Å²) in [5.74, 6) is 0.750. The third kappa shape index (κ3) is 7.91. The Hall–Kier alpha value is -0.790. The Labute approximate surface area is 178 Å². The van der Waals surface area contributed by atoms with Crippen molar-refractivity contribution in [2.45, 2.75) is 60.0 Å². The van der Waals surface area contributed by atoms with Crippen molar-refractivity contribution in [3.05, 3.63) is 23.4 Å². The average molecular weight is 447 g/mol. The summed E-state index contributed by atoms with van der Waals surface area (Å²) in [6.07, 6.45) is 0.556. The van der Waals surface area contributed by atoms with E-state index in [9.17, 15) is 4.79 Å². The zero-order chi connectivity index (χ0) is 21.5. The second kappa shape index (κ2) is 10.8. The molecule has 1 rings (SSSR count). The third-order valence-corrected chi connectivity index (χ3v) is 6.82. The minimum absolute atomic E-state index is 0.126. The first kappa shape index (κ1) is 25.2. The number of ketones is 1. The van der Waals surface area contributed by atoms with Crippen LogP contribution < -0.4 is 4.52 Å². The summed E-state index contributed by atoms with van der Waals surface area (Å²) < 4.78 is 17.2. The van der Waals surface area contributed by atoms with E-state index in [0.29, 0.717) is 30.7 Å². The highest BCUT2D eigenvalue weighted by Crippen LogP contribution is 2.50. The minimum Gasteiger partial charge on any atom is -0.405 e. The van der Waals surface area contributed by atoms with Gasteiger partial charge in [0.2, 0.25) is 5.88 Å². The van der Waals surface area contributed by atoms with Crippen LogP contribution in [-0.2, 0) is 32.1 Å². The number of hydrogen-bond donors (Lipinski definition) is 0. The topological polar surface area (TPSA) is 70.5 Å². The predicted molar refractivity (Wildman–Crippen MR) is 119 cm³/mol. The van der Waals surface area contributed by atoms with E-state index in [4.69, 9.17) is 25.4 Å². The third-order valence-electron chi connectivity index (χ3n) is 3.58. The van der Waals surface area contributed by atoms with Crippen molar-refractivity contribution < 1.29 is 18.4 Å². The Morgan fingerprint density at radius 2 is 1.79 bits per heavy atom. The lowest BCUT2D eigenvalue weighted by Gasteiger charge is -2.23. The van der Waals surface area contributed by atoms with Crippen molar-refractivity contribution in [2.24, 2.45) is 5.41 Å². The van der Waals surface area contributed by atoms with Gasteiger partial charge in [0.05, 0.1) is 19.0 Å². The molecule has 0 saturated heterocycles. The Morgan fingerprint density at radius 3 is 2.25 bits per heavy atom. The molecule has 0 bridgehead atoms. The summed E-state index contributed by atoms with van der Waals surface area (Å²) >= 11 is 6.78. The van der Waals surface area contributed by atoms with Crippen LogP contribution in [0.3, 0.4) is 0 Å². The fraction of sp³-hybridized carbons (Fsp3) is 0.632. The SMILES string of the molecule is C=C(C)Cc1c(C)nc(SCC(=O)C(C)(C)C)nc1OP(=S)(OCC)OCC. The smallest absolute Gasteiger partial charge is 0.381 e. The molecule has 1 aromatic rings. The summed E-state index contributed by atoms with van der Waals surface area (Å²) in [6, 6.07) is 0. The highest BCUT2D eigenvalue weighted by atomic mass is 32.5. The maximum absolute atomic E-state index is 12.2. The fourth-order valence-corrected chi connectivity index (χ4v) is 5.11. The van der Waals surface area contributed by atoms with Gasteiger partial charge in [-0.3, -0.25) is 13.8 Å². The van der Waals surface area contributed by atoms with Crippen LogP contribution in [0.1, 0.15) is 52.8 Å². The first-order valence-electron chi connectivity index (χ1n) is 9.18. The van der Waals surface area contributed by atoms with E-state index in [-0.39, 0.29) is 11.5 Å². The molecule has 9 heteroatoms. The van der Waals surface area contributed by atoms with Gasteiger partial charge in [-0.2, -0.15) is 4.98 Å². The molecule has 6 nitrogen and oxygen atoms in total. The highest BCUT2D eigenvalue weighted by Gasteiger charge is 2.26. The van der Waals surface area contributed by atoms with Crippen molar-refractivity contribution >= 4 is 36.1 Å². The van der Waals surface area contributed by atoms with Gasteiger partial charge in [-0.1, -0.05) is 44.7 Å². The van der Waals surface area contributed by atoms with Gasteiger partial charge < -0.3 is 4.52 Å². The number of rotatable bonds is 11. The standard InChI is InChI=1S/C19H31N2O4PS2/c1-9-23-26(27,24-10-2)25-17-15(11-13(3)4)14(5)20-18(21-17)28-12-16(22)19(6,7)8/h3,9-12H2,1-2,4-8H3. The molecule has 28 heavy (non-hydrogen) atoms. The molecule has 1 aromatic heterocycles. The molecule has 0 saturated carbocycles. The summed E-state index contributed by atoms with van der Waals surface area (Å²) in [4.78, 5) is 21.3. The predicted octanol–water partition coefficient (Wildman–Crippen LogP) is 5.29. The van der Waals surface area contributed by atoms with E-state index in [0.717, 1.165) is 16.8 Å². The maximum atomic E-state index is 12.2. The van der Waals surface area contributed by atoms with E-state index < -0.39 is 12.1 Å². The molecule has 0 aromatic carbocycles. The lowest BCUT2D eigenvalue weighted by atomic mass is 9.92. The van der Waals surface area contributed by atoms with Crippen LogP contribution in [0.4, 0.5) is 0 Å². The number of carbonyl (C=O) groups excluding carboxylic acids is 1. The number of aryl methyl sites for hydroxylation is 1. The summed E-state index contributed by atoms with van der Waals surface area (Å²) in [7, 11) is 0. The molecule has 0 N–H and O–H groups in total. The van der Waals surface area contributed by atoms with Gasteiger partial charge in [-0.05, 0) is 34.1 Å². The largest absolute Gasteiger partial charge is 0.405 e. The second-order valence-corrected chi connectivity index (χ2v) is 11.2. The number of Topliss-reactive ketones (excluding diaryl/α,β-unsaturated/α-hetero) is 1. The normalized spacial score (nSPS) is 12.1. The lowest BCUT2D eigenvalue weighted by Crippen LogP contribution is -2.22. The van der Waals surface area contributed by atoms with E-state index >= 15 is 0 Å². The second-order valence-electron chi connectivity index (χ2n) is 7.35. The van der Waals surface area contributed by atoms with Crippen molar-refractivity contribution in [1.29, 1.82) is 0 Å². The van der Waals surface area contributed by atoms with Gasteiger partial charge in [0.15, 0.2) is 5.16 Å². The van der Waals surface area contributed by atoms with Gasteiger partial charge in [-0.25, -0.2) is 4.98 Å². The van der Waals surface area contributed by atoms with Gasteiger partial charge in [-0.15, -0.1) is 0 Å². The quantitative estimate of drug-likeness (QED) is 0.197. The zero-order valence-electron chi connectivity index (χ0n) is 17.8. The van der Waals surface area contributed by atoms with Crippen LogP contribution in [-0.4, -0.2) is 34.7 Å².